The van der Waals surface area contributed by atoms with Crippen LogP contribution >= 0.6 is 0 Å². The van der Waals surface area contributed by atoms with Gasteiger partial charge in [-0.05, 0) is 49.9 Å². The lowest BCUT2D eigenvalue weighted by Gasteiger charge is -2.47. The van der Waals surface area contributed by atoms with E-state index in [9.17, 15) is 0 Å². The number of methoxy groups -OCH3 is 1. The maximum absolute atomic E-state index is 5.38. The smallest absolute Gasteiger partial charge is 0.120 e. The number of nitrogens with zero attached hydrogens (tertiary/aromatic N) is 2. The highest BCUT2D eigenvalue weighted by molar-refractivity contribution is 5.86. The first-order valence-electron chi connectivity index (χ1n) is 8.53. The lowest BCUT2D eigenvalue weighted by molar-refractivity contribution is -0.0161. The maximum atomic E-state index is 5.38. The Bertz CT molecular complexity index is 722. The van der Waals surface area contributed by atoms with Gasteiger partial charge in [0.25, 0.3) is 0 Å². The number of H-pyrrole nitrogens is 1. The molecule has 1 N–H and O–H groups in total. The summed E-state index contributed by atoms with van der Waals surface area (Å²) in [7, 11) is 1.74. The number of benzene rings is 1. The Labute approximate surface area is 131 Å². The molecule has 2 fully saturated rings. The van der Waals surface area contributed by atoms with E-state index < -0.39 is 0 Å². The molecule has 1 aromatic carbocycles. The number of rotatable bonds is 1. The van der Waals surface area contributed by atoms with Crippen molar-refractivity contribution in [2.75, 3.05) is 26.7 Å². The van der Waals surface area contributed by atoms with Gasteiger partial charge in [0, 0.05) is 35.8 Å². The Morgan fingerprint density at radius 1 is 1.18 bits per heavy atom. The summed E-state index contributed by atoms with van der Waals surface area (Å²) < 4.78 is 5.38. The highest BCUT2D eigenvalue weighted by Crippen LogP contribution is 2.42. The normalized spacial score (nSPS) is 28.4. The molecule has 2 aromatic rings. The van der Waals surface area contributed by atoms with Crippen LogP contribution in [0.15, 0.2) is 18.2 Å². The van der Waals surface area contributed by atoms with Crippen LogP contribution in [0.2, 0.25) is 0 Å². The van der Waals surface area contributed by atoms with Crippen molar-refractivity contribution in [1.82, 2.24) is 14.8 Å². The third kappa shape index (κ3) is 1.71. The number of aromatic amines is 1. The first-order valence-corrected chi connectivity index (χ1v) is 8.53. The van der Waals surface area contributed by atoms with E-state index in [2.05, 4.69) is 33.0 Å². The molecular formula is C18H23N3O. The van der Waals surface area contributed by atoms with Crippen molar-refractivity contribution in [3.05, 3.63) is 29.5 Å². The van der Waals surface area contributed by atoms with Gasteiger partial charge in [-0.3, -0.25) is 9.80 Å². The zero-order valence-corrected chi connectivity index (χ0v) is 13.1. The number of fused-ring (bicyclic) bond motifs is 7. The summed E-state index contributed by atoms with van der Waals surface area (Å²) in [5.41, 5.74) is 4.26. The van der Waals surface area contributed by atoms with E-state index in [0.717, 1.165) is 5.75 Å². The molecule has 22 heavy (non-hydrogen) atoms. The molecule has 0 aliphatic carbocycles. The van der Waals surface area contributed by atoms with Crippen LogP contribution in [0.4, 0.5) is 0 Å². The summed E-state index contributed by atoms with van der Waals surface area (Å²) in [6.45, 7) is 3.76. The molecule has 0 unspecified atom stereocenters. The average Bonchev–Trinajstić information content (AvgIpc) is 3.17. The van der Waals surface area contributed by atoms with Crippen molar-refractivity contribution < 1.29 is 4.74 Å². The van der Waals surface area contributed by atoms with Crippen LogP contribution in [0.5, 0.6) is 5.75 Å². The Kier molecular flexibility index (Phi) is 2.79. The van der Waals surface area contributed by atoms with Gasteiger partial charge in [0.1, 0.15) is 5.75 Å². The van der Waals surface area contributed by atoms with E-state index in [1.165, 1.54) is 61.9 Å². The number of hydrogen-bond donors (Lipinski definition) is 1. The molecule has 0 spiro atoms. The SMILES string of the molecule is COc1ccc2c3c([nH]c2c1)[C@H]1CCN2CCC[C@H]2N1CC3. The van der Waals surface area contributed by atoms with Crippen LogP contribution in [-0.4, -0.2) is 47.7 Å². The summed E-state index contributed by atoms with van der Waals surface area (Å²) in [4.78, 5) is 9.17. The molecule has 5 rings (SSSR count). The van der Waals surface area contributed by atoms with Crippen molar-refractivity contribution in [2.45, 2.75) is 37.9 Å². The predicted molar refractivity (Wildman–Crippen MR) is 87.2 cm³/mol. The van der Waals surface area contributed by atoms with E-state index in [1.807, 2.05) is 0 Å². The van der Waals surface area contributed by atoms with E-state index in [4.69, 9.17) is 4.74 Å². The molecule has 4 heteroatoms. The van der Waals surface area contributed by atoms with Gasteiger partial charge in [0.2, 0.25) is 0 Å². The van der Waals surface area contributed by atoms with Crippen LogP contribution in [0, 0.1) is 0 Å². The summed E-state index contributed by atoms with van der Waals surface area (Å²) in [6, 6.07) is 7.04. The largest absolute Gasteiger partial charge is 0.497 e. The summed E-state index contributed by atoms with van der Waals surface area (Å²) >= 11 is 0. The Morgan fingerprint density at radius 3 is 3.05 bits per heavy atom. The first-order chi connectivity index (χ1) is 10.8. The zero-order valence-electron chi connectivity index (χ0n) is 13.1. The van der Waals surface area contributed by atoms with Crippen LogP contribution < -0.4 is 4.74 Å². The van der Waals surface area contributed by atoms with Crippen molar-refractivity contribution in [3.63, 3.8) is 0 Å². The minimum absolute atomic E-state index is 0.585. The summed E-state index contributed by atoms with van der Waals surface area (Å²) in [6.07, 6.45) is 5.83. The minimum atomic E-state index is 0.585. The second-order valence-corrected chi connectivity index (χ2v) is 6.88. The quantitative estimate of drug-likeness (QED) is 0.878. The molecule has 0 saturated carbocycles. The molecule has 116 valence electrons. The molecule has 0 radical (unpaired) electrons. The van der Waals surface area contributed by atoms with Gasteiger partial charge in [-0.2, -0.15) is 0 Å². The molecule has 4 heterocycles. The lowest BCUT2D eigenvalue weighted by Crippen LogP contribution is -2.53. The summed E-state index contributed by atoms with van der Waals surface area (Å²) in [5.74, 6) is 0.938. The van der Waals surface area contributed by atoms with Crippen molar-refractivity contribution in [1.29, 1.82) is 0 Å². The highest BCUT2D eigenvalue weighted by atomic mass is 16.5. The topological polar surface area (TPSA) is 31.5 Å². The molecule has 0 amide bonds. The number of nitrogens with one attached hydrogen (secondary N) is 1. The van der Waals surface area contributed by atoms with Gasteiger partial charge in [0.05, 0.1) is 19.3 Å². The molecule has 4 nitrogen and oxygen atoms in total. The Morgan fingerprint density at radius 2 is 2.14 bits per heavy atom. The van der Waals surface area contributed by atoms with Crippen LogP contribution in [0.3, 0.4) is 0 Å². The molecule has 1 aromatic heterocycles. The van der Waals surface area contributed by atoms with E-state index >= 15 is 0 Å². The first kappa shape index (κ1) is 13.0. The fraction of sp³-hybridized carbons (Fsp3) is 0.556. The van der Waals surface area contributed by atoms with Crippen LogP contribution in [-0.2, 0) is 6.42 Å². The molecule has 0 bridgehead atoms. The number of hydrogen-bond acceptors (Lipinski definition) is 3. The van der Waals surface area contributed by atoms with Gasteiger partial charge in [-0.25, -0.2) is 0 Å². The predicted octanol–water partition coefficient (Wildman–Crippen LogP) is 2.90. The maximum Gasteiger partial charge on any atom is 0.120 e. The van der Waals surface area contributed by atoms with Crippen LogP contribution in [0.1, 0.15) is 36.6 Å². The minimum Gasteiger partial charge on any atom is -0.497 e. The molecule has 2 atom stereocenters. The summed E-state index contributed by atoms with van der Waals surface area (Å²) in [5, 5.41) is 1.39. The van der Waals surface area contributed by atoms with Gasteiger partial charge in [-0.15, -0.1) is 0 Å². The third-order valence-electron chi connectivity index (χ3n) is 5.90. The monoisotopic (exact) mass is 297 g/mol. The molecule has 3 aliphatic heterocycles. The molecule has 2 saturated heterocycles. The average molecular weight is 297 g/mol. The van der Waals surface area contributed by atoms with Gasteiger partial charge in [0.15, 0.2) is 0 Å². The third-order valence-corrected chi connectivity index (χ3v) is 5.90. The second-order valence-electron chi connectivity index (χ2n) is 6.88. The van der Waals surface area contributed by atoms with Gasteiger partial charge >= 0.3 is 0 Å². The second kappa shape index (κ2) is 4.74. The van der Waals surface area contributed by atoms with Crippen LogP contribution in [0.25, 0.3) is 10.9 Å². The van der Waals surface area contributed by atoms with Gasteiger partial charge < -0.3 is 9.72 Å². The van der Waals surface area contributed by atoms with E-state index in [1.54, 1.807) is 12.7 Å². The lowest BCUT2D eigenvalue weighted by atomic mass is 9.92. The van der Waals surface area contributed by atoms with E-state index in [0.29, 0.717) is 12.2 Å². The zero-order chi connectivity index (χ0) is 14.7. The standard InChI is InChI=1S/C18H23N3O/c1-22-12-4-5-13-14-6-10-21-16(18(14)19-15(13)11-12)7-9-20-8-2-3-17(20)21/h4-5,11,16-17,19H,2-3,6-10H2,1H3/t16-,17-/m1/s1. The van der Waals surface area contributed by atoms with Gasteiger partial charge in [-0.1, -0.05) is 0 Å². The highest BCUT2D eigenvalue weighted by Gasteiger charge is 2.42. The fourth-order valence-corrected chi connectivity index (χ4v) is 4.90. The van der Waals surface area contributed by atoms with Crippen molar-refractivity contribution in [2.24, 2.45) is 0 Å². The van der Waals surface area contributed by atoms with Crippen molar-refractivity contribution in [3.8, 4) is 5.75 Å². The number of aromatic nitrogens is 1. The van der Waals surface area contributed by atoms with E-state index in [-0.39, 0.29) is 0 Å². The molecule has 3 aliphatic rings. The molecular weight excluding hydrogens is 274 g/mol. The number of ether oxygens (including phenoxy) is 1. The van der Waals surface area contributed by atoms with Crippen molar-refractivity contribution >= 4 is 10.9 Å². The Balaban J connectivity index is 1.59. The fourth-order valence-electron chi connectivity index (χ4n) is 4.90. The Hall–Kier alpha value is -1.52.